The first kappa shape index (κ1) is 33.4. The Bertz CT molecular complexity index is 1610. The number of benzene rings is 2. The molecule has 1 saturated heterocycles. The molecule has 1 aliphatic carbocycles. The van der Waals surface area contributed by atoms with Crippen LogP contribution >= 0.6 is 11.6 Å². The van der Waals surface area contributed by atoms with Crippen molar-refractivity contribution in [3.05, 3.63) is 123 Å². The van der Waals surface area contributed by atoms with Crippen LogP contribution in [0.1, 0.15) is 60.1 Å². The molecule has 46 heavy (non-hydrogen) atoms. The molecule has 1 amide bonds. The number of carbonyl (C=O) groups is 1. The summed E-state index contributed by atoms with van der Waals surface area (Å²) in [6.45, 7) is 10.6. The van der Waals surface area contributed by atoms with Crippen LogP contribution in [0.25, 0.3) is 5.57 Å². The standard InChI is InChI=1S/C38H44ClN5O2/c1-25-7-13-30(14-8-25)27(3)43-24-34-15-16-37(46-34)31-5-4-6-36(39)35(18-31)38(45)44-33(17-28-9-11-29(19-40)12-10-28)23-42-22-32-21-41-20-26(32)2/h4,6-16,18,26-27,32-33,41-43H,5,17,20-24H2,1-3H3,(H,44,45)/t26?,27?,32-,33-/m1/s1. The number of aryl methyl sites for hydroxylation is 1. The van der Waals surface area contributed by atoms with Crippen LogP contribution in [0.3, 0.4) is 0 Å². The van der Waals surface area contributed by atoms with E-state index in [9.17, 15) is 10.1 Å². The van der Waals surface area contributed by atoms with Gasteiger partial charge in [-0.15, -0.1) is 0 Å². The van der Waals surface area contributed by atoms with Gasteiger partial charge in [0.2, 0.25) is 0 Å². The van der Waals surface area contributed by atoms with Crippen LogP contribution < -0.4 is 21.3 Å². The number of nitrogens with one attached hydrogen (secondary N) is 4. The second kappa shape index (κ2) is 16.1. The molecule has 0 saturated carbocycles. The lowest BCUT2D eigenvalue weighted by Crippen LogP contribution is -2.45. The predicted octanol–water partition coefficient (Wildman–Crippen LogP) is 6.32. The molecule has 1 aliphatic heterocycles. The number of amides is 1. The van der Waals surface area contributed by atoms with Gasteiger partial charge >= 0.3 is 0 Å². The first-order valence-electron chi connectivity index (χ1n) is 16.2. The smallest absolute Gasteiger partial charge is 0.253 e. The molecular weight excluding hydrogens is 594 g/mol. The highest BCUT2D eigenvalue weighted by Gasteiger charge is 2.24. The van der Waals surface area contributed by atoms with E-state index in [1.54, 1.807) is 6.08 Å². The Kier molecular flexibility index (Phi) is 11.7. The van der Waals surface area contributed by atoms with Gasteiger partial charge in [0, 0.05) is 18.6 Å². The molecule has 0 radical (unpaired) electrons. The molecule has 0 bridgehead atoms. The van der Waals surface area contributed by atoms with Gasteiger partial charge in [-0.3, -0.25) is 4.79 Å². The van der Waals surface area contributed by atoms with Crippen LogP contribution in [0, 0.1) is 30.1 Å². The van der Waals surface area contributed by atoms with Gasteiger partial charge in [-0.05, 0) is 111 Å². The Morgan fingerprint density at radius 1 is 1.11 bits per heavy atom. The van der Waals surface area contributed by atoms with Crippen LogP contribution in [-0.2, 0) is 17.8 Å². The highest BCUT2D eigenvalue weighted by Crippen LogP contribution is 2.29. The number of nitriles is 1. The summed E-state index contributed by atoms with van der Waals surface area (Å²) in [6.07, 6.45) is 6.81. The van der Waals surface area contributed by atoms with Crippen LogP contribution in [0.4, 0.5) is 0 Å². The van der Waals surface area contributed by atoms with Crippen LogP contribution in [0.2, 0.25) is 0 Å². The second-order valence-electron chi connectivity index (χ2n) is 12.6. The molecule has 2 aliphatic rings. The number of hydrogen-bond donors (Lipinski definition) is 4. The molecule has 1 aromatic heterocycles. The SMILES string of the molecule is Cc1ccc(C(C)NCc2ccc(C3=CC(C(=O)N[C@@H](CNC[C@H]4CNCC4C)Cc4ccc(C#N)cc4)=C(Cl)C=CC3)o2)cc1. The minimum Gasteiger partial charge on any atom is -0.460 e. The number of carbonyl (C=O) groups excluding carboxylic acids is 1. The number of furan rings is 1. The molecule has 7 nitrogen and oxygen atoms in total. The highest BCUT2D eigenvalue weighted by molar-refractivity contribution is 6.34. The summed E-state index contributed by atoms with van der Waals surface area (Å²) in [5, 5.41) is 23.4. The third-order valence-electron chi connectivity index (χ3n) is 8.94. The number of halogens is 1. The van der Waals surface area contributed by atoms with Crippen molar-refractivity contribution in [1.29, 1.82) is 5.26 Å². The molecule has 5 rings (SSSR count). The van der Waals surface area contributed by atoms with E-state index in [4.69, 9.17) is 16.0 Å². The molecule has 2 aromatic carbocycles. The van der Waals surface area contributed by atoms with Crippen molar-refractivity contribution in [1.82, 2.24) is 21.3 Å². The largest absolute Gasteiger partial charge is 0.460 e. The molecule has 240 valence electrons. The quantitative estimate of drug-likeness (QED) is 0.175. The number of hydrogen-bond acceptors (Lipinski definition) is 6. The van der Waals surface area contributed by atoms with Crippen molar-refractivity contribution in [3.8, 4) is 6.07 Å². The van der Waals surface area contributed by atoms with Gasteiger partial charge < -0.3 is 25.7 Å². The van der Waals surface area contributed by atoms with Crippen molar-refractivity contribution in [2.24, 2.45) is 11.8 Å². The summed E-state index contributed by atoms with van der Waals surface area (Å²) in [5.41, 5.74) is 5.43. The summed E-state index contributed by atoms with van der Waals surface area (Å²) in [6, 6.07) is 22.2. The van der Waals surface area contributed by atoms with E-state index in [0.717, 1.165) is 42.3 Å². The fraction of sp³-hybridized carbons (Fsp3) is 0.368. The van der Waals surface area contributed by atoms with Crippen molar-refractivity contribution < 1.29 is 9.21 Å². The summed E-state index contributed by atoms with van der Waals surface area (Å²) >= 11 is 6.67. The van der Waals surface area contributed by atoms with Gasteiger partial charge in [0.15, 0.2) is 0 Å². The molecular formula is C38H44ClN5O2. The Balaban J connectivity index is 1.26. The molecule has 4 N–H and O–H groups in total. The average Bonchev–Trinajstić information content (AvgIpc) is 3.65. The average molecular weight is 638 g/mol. The Labute approximate surface area is 277 Å². The topological polar surface area (TPSA) is 102 Å². The molecule has 2 unspecified atom stereocenters. The van der Waals surface area contributed by atoms with Crippen LogP contribution in [-0.4, -0.2) is 38.1 Å². The minimum absolute atomic E-state index is 0.177. The lowest BCUT2D eigenvalue weighted by molar-refractivity contribution is -0.117. The normalized spacial score (nSPS) is 19.3. The van der Waals surface area contributed by atoms with Gasteiger partial charge in [-0.1, -0.05) is 66.6 Å². The van der Waals surface area contributed by atoms with Crippen molar-refractivity contribution in [3.63, 3.8) is 0 Å². The van der Waals surface area contributed by atoms with E-state index in [0.29, 0.717) is 53.9 Å². The zero-order valence-corrected chi connectivity index (χ0v) is 27.7. The lowest BCUT2D eigenvalue weighted by Gasteiger charge is -2.22. The fourth-order valence-electron chi connectivity index (χ4n) is 5.92. The van der Waals surface area contributed by atoms with Crippen molar-refractivity contribution in [2.75, 3.05) is 26.2 Å². The zero-order valence-electron chi connectivity index (χ0n) is 26.9. The maximum Gasteiger partial charge on any atom is 0.253 e. The van der Waals surface area contributed by atoms with E-state index in [1.165, 1.54) is 11.1 Å². The maximum atomic E-state index is 13.8. The fourth-order valence-corrected chi connectivity index (χ4v) is 6.15. The van der Waals surface area contributed by atoms with Crippen LogP contribution in [0.15, 0.2) is 93.9 Å². The van der Waals surface area contributed by atoms with Gasteiger partial charge in [-0.2, -0.15) is 5.26 Å². The molecule has 8 heteroatoms. The Hall–Kier alpha value is -3.93. The molecule has 1 fully saturated rings. The summed E-state index contributed by atoms with van der Waals surface area (Å²) in [5.74, 6) is 2.48. The van der Waals surface area contributed by atoms with Gasteiger partial charge in [-0.25, -0.2) is 0 Å². The van der Waals surface area contributed by atoms with Crippen molar-refractivity contribution >= 4 is 23.1 Å². The third kappa shape index (κ3) is 9.08. The monoisotopic (exact) mass is 637 g/mol. The number of nitrogens with zero attached hydrogens (tertiary/aromatic N) is 1. The van der Waals surface area contributed by atoms with E-state index in [2.05, 4.69) is 72.4 Å². The minimum atomic E-state index is -0.231. The number of rotatable bonds is 13. The molecule has 3 aromatic rings. The first-order valence-corrected chi connectivity index (χ1v) is 16.5. The summed E-state index contributed by atoms with van der Waals surface area (Å²) < 4.78 is 6.24. The van der Waals surface area contributed by atoms with Gasteiger partial charge in [0.05, 0.1) is 28.8 Å². The molecule has 0 spiro atoms. The predicted molar refractivity (Wildman–Crippen MR) is 185 cm³/mol. The van der Waals surface area contributed by atoms with Crippen molar-refractivity contribution in [2.45, 2.75) is 52.2 Å². The highest BCUT2D eigenvalue weighted by atomic mass is 35.5. The summed E-state index contributed by atoms with van der Waals surface area (Å²) in [4.78, 5) is 13.8. The Morgan fingerprint density at radius 3 is 2.61 bits per heavy atom. The summed E-state index contributed by atoms with van der Waals surface area (Å²) in [7, 11) is 0. The van der Waals surface area contributed by atoms with E-state index < -0.39 is 0 Å². The lowest BCUT2D eigenvalue weighted by atomic mass is 9.98. The third-order valence-corrected chi connectivity index (χ3v) is 9.27. The first-order chi connectivity index (χ1) is 22.3. The second-order valence-corrected chi connectivity index (χ2v) is 13.0. The van der Waals surface area contributed by atoms with E-state index in [1.807, 2.05) is 48.6 Å². The van der Waals surface area contributed by atoms with Gasteiger partial charge in [0.1, 0.15) is 11.5 Å². The Morgan fingerprint density at radius 2 is 1.89 bits per heavy atom. The van der Waals surface area contributed by atoms with Crippen LogP contribution in [0.5, 0.6) is 0 Å². The van der Waals surface area contributed by atoms with Gasteiger partial charge in [0.25, 0.3) is 5.91 Å². The zero-order chi connectivity index (χ0) is 32.5. The van der Waals surface area contributed by atoms with E-state index in [-0.39, 0.29) is 18.0 Å². The van der Waals surface area contributed by atoms with E-state index >= 15 is 0 Å². The molecule has 4 atom stereocenters. The maximum absolute atomic E-state index is 13.8. The molecule has 2 heterocycles. The number of allylic oxidation sites excluding steroid dienone is 4.